The van der Waals surface area contributed by atoms with Crippen LogP contribution in [0, 0.1) is 29.1 Å². The third kappa shape index (κ3) is 7.18. The van der Waals surface area contributed by atoms with Crippen molar-refractivity contribution >= 4 is 12.0 Å². The number of ether oxygens (including phenoxy) is 1. The van der Waals surface area contributed by atoms with Crippen LogP contribution in [-0.4, -0.2) is 12.1 Å². The Morgan fingerprint density at radius 2 is 1.46 bits per heavy atom. The van der Waals surface area contributed by atoms with Crippen molar-refractivity contribution in [3.63, 3.8) is 0 Å². The number of aryl methyl sites for hydroxylation is 1. The number of benzene rings is 3. The number of carbonyl (C=O) groups excluding carboxylic acids is 1. The maximum Gasteiger partial charge on any atom is 0.409 e. The average molecular weight is 528 g/mol. The second-order valence-electron chi connectivity index (χ2n) is 8.15. The first-order chi connectivity index (χ1) is 17.4. The van der Waals surface area contributed by atoms with Crippen LogP contribution in [0.5, 0.6) is 5.75 Å². The van der Waals surface area contributed by atoms with Gasteiger partial charge in [0.2, 0.25) is 0 Å². The number of halogens is 8. The van der Waals surface area contributed by atoms with E-state index in [1.54, 1.807) is 6.07 Å². The number of carbonyl (C=O) groups is 1. The van der Waals surface area contributed by atoms with Crippen LogP contribution < -0.4 is 4.74 Å². The molecule has 3 aromatic rings. The normalized spacial score (nSPS) is 11.8. The van der Waals surface area contributed by atoms with Gasteiger partial charge in [-0.25, -0.2) is 26.7 Å². The topological polar surface area (TPSA) is 26.3 Å². The van der Waals surface area contributed by atoms with Crippen LogP contribution in [0.4, 0.5) is 35.1 Å². The van der Waals surface area contributed by atoms with Gasteiger partial charge in [-0.2, -0.15) is 13.2 Å². The molecule has 37 heavy (non-hydrogen) atoms. The minimum Gasteiger partial charge on any atom is -0.423 e. The van der Waals surface area contributed by atoms with Crippen LogP contribution in [0.25, 0.3) is 17.2 Å². The van der Waals surface area contributed by atoms with E-state index >= 15 is 0 Å². The predicted octanol–water partition coefficient (Wildman–Crippen LogP) is 8.58. The van der Waals surface area contributed by atoms with Gasteiger partial charge in [0.1, 0.15) is 40.4 Å². The highest BCUT2D eigenvalue weighted by Gasteiger charge is 2.25. The molecule has 0 aliphatic heterocycles. The summed E-state index contributed by atoms with van der Waals surface area (Å²) in [5.74, 6) is -9.06. The van der Waals surface area contributed by atoms with E-state index in [0.717, 1.165) is 24.8 Å². The molecule has 0 atom stereocenters. The standard InChI is InChI=1S/C27H20F8O2/c1-2-3-4-5-15-6-7-18(20(28)10-15)16-11-23(31)25(24(32)12-16)26(36)37-17-13-21(29)19(22(30)14-17)8-9-27(33,34)35/h6-14H,2-5H2,1H3/b9-8+. The van der Waals surface area contributed by atoms with E-state index < -0.39 is 64.2 Å². The van der Waals surface area contributed by atoms with Crippen LogP contribution in [0.1, 0.15) is 47.7 Å². The molecule has 0 unspecified atom stereocenters. The molecule has 3 aromatic carbocycles. The van der Waals surface area contributed by atoms with Crippen LogP contribution in [0.2, 0.25) is 0 Å². The van der Waals surface area contributed by atoms with Gasteiger partial charge in [0.15, 0.2) is 0 Å². The number of rotatable bonds is 8. The van der Waals surface area contributed by atoms with Crippen LogP contribution in [0.3, 0.4) is 0 Å². The van der Waals surface area contributed by atoms with Crippen molar-refractivity contribution in [2.75, 3.05) is 0 Å². The smallest absolute Gasteiger partial charge is 0.409 e. The Bertz CT molecular complexity index is 1280. The van der Waals surface area contributed by atoms with Crippen molar-refractivity contribution < 1.29 is 44.7 Å². The summed E-state index contributed by atoms with van der Waals surface area (Å²) in [6, 6.07) is 6.45. The second-order valence-corrected chi connectivity index (χ2v) is 8.15. The maximum absolute atomic E-state index is 14.7. The third-order valence-corrected chi connectivity index (χ3v) is 5.36. The Kier molecular flexibility index (Phi) is 8.73. The number of esters is 1. The Morgan fingerprint density at radius 3 is 2.00 bits per heavy atom. The second kappa shape index (κ2) is 11.6. The van der Waals surface area contributed by atoms with E-state index in [4.69, 9.17) is 0 Å². The average Bonchev–Trinajstić information content (AvgIpc) is 2.77. The van der Waals surface area contributed by atoms with E-state index in [9.17, 15) is 39.9 Å². The number of alkyl halides is 3. The Balaban J connectivity index is 1.83. The summed E-state index contributed by atoms with van der Waals surface area (Å²) >= 11 is 0. The van der Waals surface area contributed by atoms with Gasteiger partial charge in [0.25, 0.3) is 0 Å². The summed E-state index contributed by atoms with van der Waals surface area (Å²) in [5, 5.41) is 0. The van der Waals surface area contributed by atoms with E-state index in [1.165, 1.54) is 12.1 Å². The molecule has 0 amide bonds. The largest absolute Gasteiger partial charge is 0.423 e. The Labute approximate surface area is 207 Å². The first kappa shape index (κ1) is 27.9. The van der Waals surface area contributed by atoms with E-state index in [2.05, 4.69) is 4.74 Å². The predicted molar refractivity (Wildman–Crippen MR) is 121 cm³/mol. The third-order valence-electron chi connectivity index (χ3n) is 5.36. The highest BCUT2D eigenvalue weighted by atomic mass is 19.4. The van der Waals surface area contributed by atoms with Crippen molar-refractivity contribution in [1.29, 1.82) is 0 Å². The molecule has 0 radical (unpaired) electrons. The SMILES string of the molecule is CCCCCc1ccc(-c2cc(F)c(C(=O)Oc3cc(F)c(/C=C/C(F)(F)F)c(F)c3)c(F)c2)c(F)c1. The van der Waals surface area contributed by atoms with Crippen molar-refractivity contribution in [3.8, 4) is 16.9 Å². The molecule has 196 valence electrons. The van der Waals surface area contributed by atoms with Gasteiger partial charge in [-0.3, -0.25) is 0 Å². The summed E-state index contributed by atoms with van der Waals surface area (Å²) < 4.78 is 113. The lowest BCUT2D eigenvalue weighted by atomic mass is 9.99. The molecular formula is C27H20F8O2. The monoisotopic (exact) mass is 528 g/mol. The lowest BCUT2D eigenvalue weighted by Crippen LogP contribution is -2.14. The van der Waals surface area contributed by atoms with Gasteiger partial charge >= 0.3 is 12.1 Å². The maximum atomic E-state index is 14.7. The summed E-state index contributed by atoms with van der Waals surface area (Å²) in [7, 11) is 0. The molecule has 0 N–H and O–H groups in total. The number of allylic oxidation sites excluding steroid dienone is 1. The van der Waals surface area contributed by atoms with E-state index in [1.807, 2.05) is 6.92 Å². The van der Waals surface area contributed by atoms with E-state index in [0.29, 0.717) is 30.7 Å². The van der Waals surface area contributed by atoms with E-state index in [-0.39, 0.29) is 17.2 Å². The summed E-state index contributed by atoms with van der Waals surface area (Å²) in [4.78, 5) is 12.3. The molecule has 0 fully saturated rings. The fourth-order valence-electron chi connectivity index (χ4n) is 3.57. The summed E-state index contributed by atoms with van der Waals surface area (Å²) in [6.45, 7) is 2.03. The van der Waals surface area contributed by atoms with Gasteiger partial charge in [-0.05, 0) is 48.2 Å². The quantitative estimate of drug-likeness (QED) is 0.127. The minimum absolute atomic E-state index is 0.108. The minimum atomic E-state index is -4.83. The number of hydrogen-bond acceptors (Lipinski definition) is 2. The van der Waals surface area contributed by atoms with Crippen molar-refractivity contribution in [3.05, 3.63) is 94.3 Å². The molecule has 0 bridgehead atoms. The Morgan fingerprint density at radius 1 is 0.838 bits per heavy atom. The number of hydrogen-bond donors (Lipinski definition) is 0. The van der Waals surface area contributed by atoms with Gasteiger partial charge < -0.3 is 4.74 Å². The van der Waals surface area contributed by atoms with Gasteiger partial charge in [-0.15, -0.1) is 0 Å². The fourth-order valence-corrected chi connectivity index (χ4v) is 3.57. The lowest BCUT2D eigenvalue weighted by molar-refractivity contribution is -0.0790. The van der Waals surface area contributed by atoms with Crippen LogP contribution >= 0.6 is 0 Å². The van der Waals surface area contributed by atoms with Crippen LogP contribution in [-0.2, 0) is 6.42 Å². The molecule has 0 saturated carbocycles. The zero-order valence-corrected chi connectivity index (χ0v) is 19.4. The molecule has 0 spiro atoms. The van der Waals surface area contributed by atoms with Gasteiger partial charge in [0, 0.05) is 29.3 Å². The molecule has 0 aliphatic rings. The molecule has 0 aromatic heterocycles. The van der Waals surface area contributed by atoms with Crippen LogP contribution in [0.15, 0.2) is 48.5 Å². The fraction of sp³-hybridized carbons (Fsp3) is 0.222. The van der Waals surface area contributed by atoms with Gasteiger partial charge in [-0.1, -0.05) is 31.9 Å². The first-order valence-corrected chi connectivity index (χ1v) is 11.1. The molecule has 0 heterocycles. The first-order valence-electron chi connectivity index (χ1n) is 11.1. The summed E-state index contributed by atoms with van der Waals surface area (Å²) in [5.41, 5.74) is -1.85. The zero-order valence-electron chi connectivity index (χ0n) is 19.4. The van der Waals surface area contributed by atoms with Gasteiger partial charge in [0.05, 0.1) is 0 Å². The number of unbranched alkanes of at least 4 members (excludes halogenated alkanes) is 2. The lowest BCUT2D eigenvalue weighted by Gasteiger charge is -2.11. The highest BCUT2D eigenvalue weighted by molar-refractivity contribution is 5.92. The van der Waals surface area contributed by atoms with Crippen molar-refractivity contribution in [2.24, 2.45) is 0 Å². The van der Waals surface area contributed by atoms with Crippen molar-refractivity contribution in [1.82, 2.24) is 0 Å². The molecule has 0 aliphatic carbocycles. The molecule has 3 rings (SSSR count). The molecular weight excluding hydrogens is 508 g/mol. The summed E-state index contributed by atoms with van der Waals surface area (Å²) in [6.07, 6.45) is -1.63. The zero-order chi connectivity index (χ0) is 27.3. The molecule has 0 saturated heterocycles. The molecule has 10 heteroatoms. The Hall–Kier alpha value is -3.69. The molecule has 2 nitrogen and oxygen atoms in total. The van der Waals surface area contributed by atoms with Crippen molar-refractivity contribution in [2.45, 2.75) is 38.8 Å². The highest BCUT2D eigenvalue weighted by Crippen LogP contribution is 2.30.